The Morgan fingerprint density at radius 1 is 1.22 bits per heavy atom. The molecule has 0 rings (SSSR count). The van der Waals surface area contributed by atoms with Gasteiger partial charge in [-0.1, -0.05) is 13.8 Å². The molecule has 0 aromatic carbocycles. The standard InChI is InChI=1S/C6H16O2Si/c1-5(2)9-8-6(3)7-4/h5-6H,9H2,1-4H3. The summed E-state index contributed by atoms with van der Waals surface area (Å²) in [6.45, 7) is 6.28. The van der Waals surface area contributed by atoms with Gasteiger partial charge in [-0.3, -0.25) is 0 Å². The average Bonchev–Trinajstić information content (AvgIpc) is 1.83. The second kappa shape index (κ2) is 4.96. The molecule has 0 aliphatic carbocycles. The largest absolute Gasteiger partial charge is 0.400 e. The third kappa shape index (κ3) is 6.02. The smallest absolute Gasteiger partial charge is 0.167 e. The van der Waals surface area contributed by atoms with Gasteiger partial charge in [0.1, 0.15) is 6.29 Å². The highest BCUT2D eigenvalue weighted by Crippen LogP contribution is 1.99. The highest BCUT2D eigenvalue weighted by molar-refractivity contribution is 6.29. The Labute approximate surface area is 59.5 Å². The molecule has 0 radical (unpaired) electrons. The number of hydrogen-bond acceptors (Lipinski definition) is 2. The fourth-order valence-electron chi connectivity index (χ4n) is 0.396. The summed E-state index contributed by atoms with van der Waals surface area (Å²) in [6.07, 6.45) is -0.000864. The van der Waals surface area contributed by atoms with E-state index in [1.54, 1.807) is 7.11 Å². The first kappa shape index (κ1) is 9.14. The van der Waals surface area contributed by atoms with E-state index in [9.17, 15) is 0 Å². The molecule has 9 heavy (non-hydrogen) atoms. The molecule has 0 spiro atoms. The number of hydrogen-bond donors (Lipinski definition) is 0. The van der Waals surface area contributed by atoms with E-state index >= 15 is 0 Å². The van der Waals surface area contributed by atoms with E-state index in [1.165, 1.54) is 0 Å². The average molecular weight is 148 g/mol. The summed E-state index contributed by atoms with van der Waals surface area (Å²) < 4.78 is 10.3. The summed E-state index contributed by atoms with van der Waals surface area (Å²) in [6, 6.07) is 0. The number of rotatable bonds is 4. The van der Waals surface area contributed by atoms with Gasteiger partial charge in [-0.2, -0.15) is 0 Å². The summed E-state index contributed by atoms with van der Waals surface area (Å²) in [5.74, 6) is 0. The van der Waals surface area contributed by atoms with Crippen molar-refractivity contribution in [2.24, 2.45) is 0 Å². The zero-order valence-electron chi connectivity index (χ0n) is 6.68. The maximum Gasteiger partial charge on any atom is 0.167 e. The summed E-state index contributed by atoms with van der Waals surface area (Å²) in [7, 11) is 1.33. The van der Waals surface area contributed by atoms with Gasteiger partial charge in [-0.15, -0.1) is 0 Å². The molecule has 0 aromatic heterocycles. The van der Waals surface area contributed by atoms with Crippen LogP contribution in [0.4, 0.5) is 0 Å². The van der Waals surface area contributed by atoms with E-state index in [1.807, 2.05) is 6.92 Å². The Morgan fingerprint density at radius 2 is 1.78 bits per heavy atom. The third-order valence-electron chi connectivity index (χ3n) is 0.996. The second-order valence-corrected chi connectivity index (χ2v) is 4.83. The Balaban J connectivity index is 3.06. The quantitative estimate of drug-likeness (QED) is 0.436. The van der Waals surface area contributed by atoms with Gasteiger partial charge in [0.2, 0.25) is 0 Å². The van der Waals surface area contributed by atoms with Crippen molar-refractivity contribution in [2.45, 2.75) is 32.6 Å². The number of ether oxygens (including phenoxy) is 1. The lowest BCUT2D eigenvalue weighted by molar-refractivity contribution is -0.0378. The van der Waals surface area contributed by atoms with Crippen molar-refractivity contribution in [3.63, 3.8) is 0 Å². The third-order valence-corrected chi connectivity index (χ3v) is 2.32. The van der Waals surface area contributed by atoms with Crippen molar-refractivity contribution in [2.75, 3.05) is 7.11 Å². The molecule has 3 heteroatoms. The van der Waals surface area contributed by atoms with Crippen LogP contribution in [0.3, 0.4) is 0 Å². The van der Waals surface area contributed by atoms with Crippen LogP contribution in [0.15, 0.2) is 0 Å². The van der Waals surface area contributed by atoms with E-state index < -0.39 is 0 Å². The molecule has 2 nitrogen and oxygen atoms in total. The SMILES string of the molecule is COC(C)O[SiH2]C(C)C. The minimum atomic E-state index is -0.337. The highest BCUT2D eigenvalue weighted by Gasteiger charge is 2.00. The fraction of sp³-hybridized carbons (Fsp3) is 1.00. The highest BCUT2D eigenvalue weighted by atomic mass is 28.2. The van der Waals surface area contributed by atoms with Gasteiger partial charge in [-0.05, 0) is 12.5 Å². The van der Waals surface area contributed by atoms with Gasteiger partial charge in [-0.25, -0.2) is 0 Å². The van der Waals surface area contributed by atoms with Crippen LogP contribution in [0.25, 0.3) is 0 Å². The Morgan fingerprint density at radius 3 is 2.11 bits per heavy atom. The lowest BCUT2D eigenvalue weighted by Gasteiger charge is -2.11. The molecule has 0 heterocycles. The molecule has 0 amide bonds. The zero-order chi connectivity index (χ0) is 7.28. The minimum Gasteiger partial charge on any atom is -0.400 e. The van der Waals surface area contributed by atoms with E-state index in [-0.39, 0.29) is 16.1 Å². The van der Waals surface area contributed by atoms with Crippen LogP contribution >= 0.6 is 0 Å². The predicted molar refractivity (Wildman–Crippen MR) is 41.2 cm³/mol. The van der Waals surface area contributed by atoms with E-state index in [0.29, 0.717) is 0 Å². The Bertz CT molecular complexity index is 66.1. The second-order valence-electron chi connectivity index (χ2n) is 2.53. The van der Waals surface area contributed by atoms with Crippen LogP contribution < -0.4 is 0 Å². The molecule has 0 aliphatic rings. The zero-order valence-corrected chi connectivity index (χ0v) is 8.09. The minimum absolute atomic E-state index is 0.000864. The molecule has 0 aliphatic heterocycles. The molecule has 0 N–H and O–H groups in total. The van der Waals surface area contributed by atoms with E-state index in [2.05, 4.69) is 13.8 Å². The lowest BCUT2D eigenvalue weighted by Crippen LogP contribution is -2.14. The molecule has 1 unspecified atom stereocenters. The molecule has 56 valence electrons. The van der Waals surface area contributed by atoms with Gasteiger partial charge < -0.3 is 9.16 Å². The Hall–Kier alpha value is 0.137. The van der Waals surface area contributed by atoms with Gasteiger partial charge in [0.15, 0.2) is 9.76 Å². The molecular formula is C6H16O2Si. The molecule has 1 atom stereocenters. The van der Waals surface area contributed by atoms with Crippen LogP contribution in [0.2, 0.25) is 5.54 Å². The van der Waals surface area contributed by atoms with Crippen LogP contribution in [0.5, 0.6) is 0 Å². The lowest BCUT2D eigenvalue weighted by atomic mass is 10.6. The normalized spacial score (nSPS) is 15.7. The Kier molecular flexibility index (Phi) is 5.04. The fourth-order valence-corrected chi connectivity index (χ4v) is 1.19. The maximum atomic E-state index is 5.37. The van der Waals surface area contributed by atoms with Crippen LogP contribution in [-0.4, -0.2) is 23.2 Å². The number of methoxy groups -OCH3 is 1. The predicted octanol–water partition coefficient (Wildman–Crippen LogP) is 0.907. The van der Waals surface area contributed by atoms with Crippen molar-refractivity contribution in [3.8, 4) is 0 Å². The van der Waals surface area contributed by atoms with Crippen LogP contribution in [0, 0.1) is 0 Å². The van der Waals surface area contributed by atoms with Crippen molar-refractivity contribution in [1.29, 1.82) is 0 Å². The summed E-state index contributed by atoms with van der Waals surface area (Å²) >= 11 is 0. The van der Waals surface area contributed by atoms with E-state index in [0.717, 1.165) is 5.54 Å². The van der Waals surface area contributed by atoms with Gasteiger partial charge in [0.05, 0.1) is 0 Å². The van der Waals surface area contributed by atoms with Crippen molar-refractivity contribution in [1.82, 2.24) is 0 Å². The van der Waals surface area contributed by atoms with Gasteiger partial charge in [0.25, 0.3) is 0 Å². The van der Waals surface area contributed by atoms with Crippen molar-refractivity contribution in [3.05, 3.63) is 0 Å². The first-order valence-corrected chi connectivity index (χ1v) is 4.70. The topological polar surface area (TPSA) is 18.5 Å². The molecule has 0 aromatic rings. The van der Waals surface area contributed by atoms with Gasteiger partial charge in [0, 0.05) is 7.11 Å². The molecule has 0 saturated carbocycles. The summed E-state index contributed by atoms with van der Waals surface area (Å²) in [5.41, 5.74) is 0.725. The maximum absolute atomic E-state index is 5.37. The van der Waals surface area contributed by atoms with E-state index in [4.69, 9.17) is 9.16 Å². The van der Waals surface area contributed by atoms with Gasteiger partial charge >= 0.3 is 0 Å². The first-order valence-electron chi connectivity index (χ1n) is 3.31. The first-order chi connectivity index (χ1) is 4.16. The van der Waals surface area contributed by atoms with Crippen molar-refractivity contribution < 1.29 is 9.16 Å². The monoisotopic (exact) mass is 148 g/mol. The van der Waals surface area contributed by atoms with Crippen LogP contribution in [-0.2, 0) is 9.16 Å². The molecule has 0 fully saturated rings. The summed E-state index contributed by atoms with van der Waals surface area (Å²) in [4.78, 5) is 0. The van der Waals surface area contributed by atoms with Crippen molar-refractivity contribution >= 4 is 9.76 Å². The van der Waals surface area contributed by atoms with Crippen LogP contribution in [0.1, 0.15) is 20.8 Å². The summed E-state index contributed by atoms with van der Waals surface area (Å²) in [5, 5.41) is 0. The molecule has 0 bridgehead atoms. The molecular weight excluding hydrogens is 132 g/mol. The molecule has 0 saturated heterocycles.